The number of carbonyl (C=O) groups excluding carboxylic acids is 1. The van der Waals surface area contributed by atoms with E-state index >= 15 is 0 Å². The van der Waals surface area contributed by atoms with Gasteiger partial charge in [0.2, 0.25) is 5.95 Å². The fourth-order valence-corrected chi connectivity index (χ4v) is 3.88. The van der Waals surface area contributed by atoms with E-state index in [2.05, 4.69) is 20.3 Å². The number of benzene rings is 1. The second-order valence-electron chi connectivity index (χ2n) is 6.53. The summed E-state index contributed by atoms with van der Waals surface area (Å²) in [5.41, 5.74) is 2.24. The minimum absolute atomic E-state index is 0.00235. The Hall–Kier alpha value is -3.52. The molecule has 0 radical (unpaired) electrons. The Labute approximate surface area is 172 Å². The van der Waals surface area contributed by atoms with Gasteiger partial charge in [-0.3, -0.25) is 9.78 Å². The van der Waals surface area contributed by atoms with Gasteiger partial charge in [-0.15, -0.1) is 11.3 Å². The standard InChI is InChI=1S/C21H19N5O2S/c1-26(2)20(27)19-11-13-10-14(4-5-18(13)29-19)24-21-23-9-7-16(25-21)17-12-15(28-3)6-8-22-17/h4-12H,1-3H3,(H,23,24,25). The third-order valence-electron chi connectivity index (χ3n) is 4.27. The Balaban J connectivity index is 1.60. The number of rotatable bonds is 5. The highest BCUT2D eigenvalue weighted by Crippen LogP contribution is 2.30. The molecule has 4 rings (SSSR count). The summed E-state index contributed by atoms with van der Waals surface area (Å²) in [6.45, 7) is 0. The highest BCUT2D eigenvalue weighted by molar-refractivity contribution is 7.20. The molecule has 0 atom stereocenters. The maximum atomic E-state index is 12.2. The van der Waals surface area contributed by atoms with E-state index in [4.69, 9.17) is 4.74 Å². The second kappa shape index (κ2) is 7.84. The summed E-state index contributed by atoms with van der Waals surface area (Å²) in [7, 11) is 5.12. The summed E-state index contributed by atoms with van der Waals surface area (Å²) in [6, 6.07) is 13.2. The molecule has 146 valence electrons. The van der Waals surface area contributed by atoms with Crippen molar-refractivity contribution in [2.75, 3.05) is 26.5 Å². The fraction of sp³-hybridized carbons (Fsp3) is 0.143. The third-order valence-corrected chi connectivity index (χ3v) is 5.38. The van der Waals surface area contributed by atoms with Crippen molar-refractivity contribution in [1.29, 1.82) is 0 Å². The predicted molar refractivity (Wildman–Crippen MR) is 115 cm³/mol. The summed E-state index contributed by atoms with van der Waals surface area (Å²) in [6.07, 6.45) is 3.36. The zero-order chi connectivity index (χ0) is 20.4. The van der Waals surface area contributed by atoms with E-state index in [0.29, 0.717) is 28.0 Å². The van der Waals surface area contributed by atoms with Crippen LogP contribution in [0.2, 0.25) is 0 Å². The molecule has 0 aliphatic heterocycles. The normalized spacial score (nSPS) is 10.7. The van der Waals surface area contributed by atoms with Crippen molar-refractivity contribution in [1.82, 2.24) is 19.9 Å². The Morgan fingerprint density at radius 2 is 1.86 bits per heavy atom. The summed E-state index contributed by atoms with van der Waals surface area (Å²) < 4.78 is 6.30. The second-order valence-corrected chi connectivity index (χ2v) is 7.62. The first-order valence-corrected chi connectivity index (χ1v) is 9.71. The molecule has 1 amide bonds. The van der Waals surface area contributed by atoms with Crippen LogP contribution in [-0.4, -0.2) is 47.0 Å². The number of pyridine rings is 1. The SMILES string of the molecule is COc1ccnc(-c2ccnc(Nc3ccc4sc(C(=O)N(C)C)cc4c3)n2)c1. The van der Waals surface area contributed by atoms with Gasteiger partial charge in [-0.1, -0.05) is 0 Å². The van der Waals surface area contributed by atoms with Crippen LogP contribution in [0.3, 0.4) is 0 Å². The molecular weight excluding hydrogens is 386 g/mol. The summed E-state index contributed by atoms with van der Waals surface area (Å²) >= 11 is 1.48. The molecule has 1 N–H and O–H groups in total. The van der Waals surface area contributed by atoms with Crippen molar-refractivity contribution in [2.24, 2.45) is 0 Å². The molecule has 3 aromatic heterocycles. The molecule has 0 saturated carbocycles. The monoisotopic (exact) mass is 405 g/mol. The number of nitrogens with zero attached hydrogens (tertiary/aromatic N) is 4. The molecule has 1 aromatic carbocycles. The lowest BCUT2D eigenvalue weighted by Gasteiger charge is -2.07. The number of fused-ring (bicyclic) bond motifs is 1. The van der Waals surface area contributed by atoms with Crippen LogP contribution in [0.5, 0.6) is 5.75 Å². The van der Waals surface area contributed by atoms with Gasteiger partial charge >= 0.3 is 0 Å². The molecule has 0 spiro atoms. The van der Waals surface area contributed by atoms with Gasteiger partial charge in [0.25, 0.3) is 5.91 Å². The van der Waals surface area contributed by atoms with E-state index in [-0.39, 0.29) is 5.91 Å². The molecule has 0 saturated heterocycles. The van der Waals surface area contributed by atoms with Crippen molar-refractivity contribution in [3.05, 3.63) is 59.7 Å². The number of methoxy groups -OCH3 is 1. The Kier molecular flexibility index (Phi) is 5.09. The molecule has 0 bridgehead atoms. The molecule has 8 heteroatoms. The lowest BCUT2D eigenvalue weighted by molar-refractivity contribution is 0.0832. The highest BCUT2D eigenvalue weighted by atomic mass is 32.1. The number of amides is 1. The number of carbonyl (C=O) groups is 1. The van der Waals surface area contributed by atoms with Crippen molar-refractivity contribution in [3.8, 4) is 17.1 Å². The van der Waals surface area contributed by atoms with Crippen molar-refractivity contribution in [2.45, 2.75) is 0 Å². The largest absolute Gasteiger partial charge is 0.497 e. The molecule has 0 aliphatic carbocycles. The smallest absolute Gasteiger partial charge is 0.263 e. The zero-order valence-electron chi connectivity index (χ0n) is 16.2. The number of ether oxygens (including phenoxy) is 1. The van der Waals surface area contributed by atoms with Crippen LogP contribution in [0, 0.1) is 0 Å². The minimum Gasteiger partial charge on any atom is -0.497 e. The molecule has 3 heterocycles. The zero-order valence-corrected chi connectivity index (χ0v) is 17.0. The van der Waals surface area contributed by atoms with E-state index in [1.54, 1.807) is 50.6 Å². The van der Waals surface area contributed by atoms with Gasteiger partial charge in [0, 0.05) is 42.9 Å². The van der Waals surface area contributed by atoms with Gasteiger partial charge in [0.15, 0.2) is 0 Å². The topological polar surface area (TPSA) is 80.2 Å². The number of anilines is 2. The summed E-state index contributed by atoms with van der Waals surface area (Å²) in [5, 5.41) is 4.22. The Bertz CT molecular complexity index is 1190. The van der Waals surface area contributed by atoms with Crippen LogP contribution < -0.4 is 10.1 Å². The van der Waals surface area contributed by atoms with Crippen molar-refractivity contribution >= 4 is 39.0 Å². The fourth-order valence-electron chi connectivity index (χ4n) is 2.82. The van der Waals surface area contributed by atoms with Gasteiger partial charge in [-0.05, 0) is 41.8 Å². The van der Waals surface area contributed by atoms with Crippen LogP contribution in [0.4, 0.5) is 11.6 Å². The number of nitrogens with one attached hydrogen (secondary N) is 1. The summed E-state index contributed by atoms with van der Waals surface area (Å²) in [5.74, 6) is 1.18. The van der Waals surface area contributed by atoms with Gasteiger partial charge in [-0.2, -0.15) is 0 Å². The van der Waals surface area contributed by atoms with Crippen molar-refractivity contribution < 1.29 is 9.53 Å². The third kappa shape index (κ3) is 4.02. The van der Waals surface area contributed by atoms with Gasteiger partial charge in [-0.25, -0.2) is 9.97 Å². The molecular formula is C21H19N5O2S. The van der Waals surface area contributed by atoms with Crippen LogP contribution in [0.15, 0.2) is 54.9 Å². The maximum Gasteiger partial charge on any atom is 0.263 e. The van der Waals surface area contributed by atoms with Gasteiger partial charge in [0.05, 0.1) is 23.4 Å². The molecule has 0 fully saturated rings. The quantitative estimate of drug-likeness (QED) is 0.536. The Morgan fingerprint density at radius 1 is 1.03 bits per heavy atom. The molecule has 29 heavy (non-hydrogen) atoms. The molecule has 0 unspecified atom stereocenters. The number of hydrogen-bond donors (Lipinski definition) is 1. The predicted octanol–water partition coefficient (Wildman–Crippen LogP) is 4.21. The van der Waals surface area contributed by atoms with Crippen LogP contribution >= 0.6 is 11.3 Å². The van der Waals surface area contributed by atoms with Crippen LogP contribution in [0.1, 0.15) is 9.67 Å². The first-order chi connectivity index (χ1) is 14.0. The maximum absolute atomic E-state index is 12.2. The summed E-state index contributed by atoms with van der Waals surface area (Å²) in [4.78, 5) is 27.7. The van der Waals surface area contributed by atoms with E-state index in [1.165, 1.54) is 11.3 Å². The van der Waals surface area contributed by atoms with Crippen LogP contribution in [0.25, 0.3) is 21.5 Å². The molecule has 0 aliphatic rings. The average molecular weight is 405 g/mol. The number of aromatic nitrogens is 3. The molecule has 7 nitrogen and oxygen atoms in total. The minimum atomic E-state index is 0.00235. The molecule has 4 aromatic rings. The Morgan fingerprint density at radius 3 is 2.66 bits per heavy atom. The van der Waals surface area contributed by atoms with Gasteiger partial charge < -0.3 is 15.0 Å². The van der Waals surface area contributed by atoms with E-state index < -0.39 is 0 Å². The van der Waals surface area contributed by atoms with Gasteiger partial charge in [0.1, 0.15) is 5.75 Å². The lowest BCUT2D eigenvalue weighted by Crippen LogP contribution is -2.20. The van der Waals surface area contributed by atoms with E-state index in [1.807, 2.05) is 30.3 Å². The van der Waals surface area contributed by atoms with Crippen LogP contribution in [-0.2, 0) is 0 Å². The van der Waals surface area contributed by atoms with E-state index in [9.17, 15) is 4.79 Å². The van der Waals surface area contributed by atoms with E-state index in [0.717, 1.165) is 15.8 Å². The first-order valence-electron chi connectivity index (χ1n) is 8.89. The average Bonchev–Trinajstić information content (AvgIpc) is 3.16. The number of thiophene rings is 1. The van der Waals surface area contributed by atoms with Crippen molar-refractivity contribution in [3.63, 3.8) is 0 Å². The number of hydrogen-bond acceptors (Lipinski definition) is 7. The highest BCUT2D eigenvalue weighted by Gasteiger charge is 2.12. The first kappa shape index (κ1) is 18.8. The lowest BCUT2D eigenvalue weighted by atomic mass is 10.2.